The predicted octanol–water partition coefficient (Wildman–Crippen LogP) is 0.328. The molecule has 1 amide bonds. The van der Waals surface area contributed by atoms with Crippen LogP contribution in [0.2, 0.25) is 0 Å². The van der Waals surface area contributed by atoms with Gasteiger partial charge in [0.05, 0.1) is 10.4 Å². The Balaban J connectivity index is 2.34. The smallest absolute Gasteiger partial charge is 0.233 e. The minimum atomic E-state index is -0.800. The molecular formula is C10H18N2O2S2. The molecule has 1 fully saturated rings. The molecule has 1 unspecified atom stereocenters. The molecule has 0 heterocycles. The zero-order valence-electron chi connectivity index (χ0n) is 9.45. The van der Waals surface area contributed by atoms with Crippen LogP contribution in [0.1, 0.15) is 25.7 Å². The molecule has 0 aromatic carbocycles. The van der Waals surface area contributed by atoms with Gasteiger partial charge in [0.25, 0.3) is 0 Å². The fourth-order valence-electron chi connectivity index (χ4n) is 1.76. The SMILES string of the molecule is CS(=O)CCCNC(=O)C1(C(N)=S)CCC1. The minimum absolute atomic E-state index is 0.0619. The largest absolute Gasteiger partial charge is 0.392 e. The van der Waals surface area contributed by atoms with Gasteiger partial charge in [-0.2, -0.15) is 0 Å². The number of nitrogens with two attached hydrogens (primary N) is 1. The highest BCUT2D eigenvalue weighted by molar-refractivity contribution is 7.84. The second-order valence-electron chi connectivity index (χ2n) is 4.19. The van der Waals surface area contributed by atoms with Crippen molar-refractivity contribution in [3.05, 3.63) is 0 Å². The molecule has 6 heteroatoms. The first-order valence-corrected chi connectivity index (χ1v) is 7.51. The summed E-state index contributed by atoms with van der Waals surface area (Å²) >= 11 is 4.95. The lowest BCUT2D eigenvalue weighted by molar-refractivity contribution is -0.130. The summed E-state index contributed by atoms with van der Waals surface area (Å²) in [5.74, 6) is 0.550. The van der Waals surface area contributed by atoms with E-state index in [1.165, 1.54) is 0 Å². The van der Waals surface area contributed by atoms with Crippen molar-refractivity contribution in [3.8, 4) is 0 Å². The molecule has 0 saturated heterocycles. The van der Waals surface area contributed by atoms with Gasteiger partial charge in [0, 0.05) is 29.4 Å². The van der Waals surface area contributed by atoms with Crippen LogP contribution in [0.15, 0.2) is 0 Å². The Labute approximate surface area is 104 Å². The van der Waals surface area contributed by atoms with Crippen LogP contribution in [0.5, 0.6) is 0 Å². The van der Waals surface area contributed by atoms with Gasteiger partial charge in [0.1, 0.15) is 0 Å². The number of thiocarbonyl (C=S) groups is 1. The van der Waals surface area contributed by atoms with Crippen LogP contribution < -0.4 is 11.1 Å². The first-order chi connectivity index (χ1) is 7.49. The first kappa shape index (κ1) is 13.6. The van der Waals surface area contributed by atoms with Gasteiger partial charge >= 0.3 is 0 Å². The summed E-state index contributed by atoms with van der Waals surface area (Å²) in [6, 6.07) is 0. The van der Waals surface area contributed by atoms with Crippen molar-refractivity contribution in [2.45, 2.75) is 25.7 Å². The van der Waals surface area contributed by atoms with Crippen molar-refractivity contribution in [1.29, 1.82) is 0 Å². The summed E-state index contributed by atoms with van der Waals surface area (Å²) in [6.07, 6.45) is 4.90. The van der Waals surface area contributed by atoms with Crippen molar-refractivity contribution in [2.24, 2.45) is 11.1 Å². The molecule has 0 bridgehead atoms. The maximum absolute atomic E-state index is 11.9. The second kappa shape index (κ2) is 5.72. The van der Waals surface area contributed by atoms with Crippen LogP contribution in [-0.2, 0) is 15.6 Å². The summed E-state index contributed by atoms with van der Waals surface area (Å²) in [5, 5.41) is 2.82. The Morgan fingerprint density at radius 2 is 2.19 bits per heavy atom. The second-order valence-corrected chi connectivity index (χ2v) is 6.18. The van der Waals surface area contributed by atoms with Crippen LogP contribution in [0.4, 0.5) is 0 Å². The van der Waals surface area contributed by atoms with Crippen molar-refractivity contribution in [3.63, 3.8) is 0 Å². The molecule has 1 rings (SSSR count). The number of nitrogens with one attached hydrogen (secondary N) is 1. The van der Waals surface area contributed by atoms with E-state index in [1.807, 2.05) is 0 Å². The Morgan fingerprint density at radius 3 is 2.56 bits per heavy atom. The number of hydrogen-bond acceptors (Lipinski definition) is 3. The highest BCUT2D eigenvalue weighted by Gasteiger charge is 2.46. The van der Waals surface area contributed by atoms with E-state index in [2.05, 4.69) is 5.32 Å². The van der Waals surface area contributed by atoms with Crippen molar-refractivity contribution >= 4 is 33.9 Å². The Bertz CT molecular complexity index is 314. The number of carbonyl (C=O) groups excluding carboxylic acids is 1. The van der Waals surface area contributed by atoms with Crippen LogP contribution in [0.3, 0.4) is 0 Å². The zero-order chi connectivity index (χ0) is 12.2. The van der Waals surface area contributed by atoms with Crippen LogP contribution >= 0.6 is 12.2 Å². The van der Waals surface area contributed by atoms with E-state index < -0.39 is 16.2 Å². The molecule has 3 N–H and O–H groups in total. The zero-order valence-corrected chi connectivity index (χ0v) is 11.1. The van der Waals surface area contributed by atoms with Gasteiger partial charge in [-0.1, -0.05) is 18.6 Å². The third kappa shape index (κ3) is 3.01. The maximum atomic E-state index is 11.9. The van der Waals surface area contributed by atoms with Gasteiger partial charge in [-0.15, -0.1) is 0 Å². The van der Waals surface area contributed by atoms with E-state index in [0.717, 1.165) is 25.7 Å². The van der Waals surface area contributed by atoms with Gasteiger partial charge in [0.2, 0.25) is 5.91 Å². The molecule has 4 nitrogen and oxygen atoms in total. The normalized spacial score (nSPS) is 19.6. The van der Waals surface area contributed by atoms with Crippen LogP contribution in [0, 0.1) is 5.41 Å². The lowest BCUT2D eigenvalue weighted by Gasteiger charge is -2.39. The van der Waals surface area contributed by atoms with E-state index in [4.69, 9.17) is 18.0 Å². The number of hydrogen-bond donors (Lipinski definition) is 2. The molecule has 92 valence electrons. The lowest BCUT2D eigenvalue weighted by atomic mass is 9.68. The fourth-order valence-corrected chi connectivity index (χ4v) is 2.61. The molecule has 0 spiro atoms. The number of carbonyl (C=O) groups is 1. The molecule has 16 heavy (non-hydrogen) atoms. The maximum Gasteiger partial charge on any atom is 0.233 e. The van der Waals surface area contributed by atoms with Gasteiger partial charge in [-0.25, -0.2) is 0 Å². The number of rotatable bonds is 6. The highest BCUT2D eigenvalue weighted by Crippen LogP contribution is 2.41. The molecule has 0 aromatic rings. The molecule has 0 aliphatic heterocycles. The Morgan fingerprint density at radius 1 is 1.56 bits per heavy atom. The van der Waals surface area contributed by atoms with Crippen molar-refractivity contribution in [2.75, 3.05) is 18.6 Å². The highest BCUT2D eigenvalue weighted by atomic mass is 32.2. The summed E-state index contributed by atoms with van der Waals surface area (Å²) in [5.41, 5.74) is 5.01. The van der Waals surface area contributed by atoms with E-state index >= 15 is 0 Å². The average molecular weight is 262 g/mol. The molecule has 1 aliphatic carbocycles. The molecule has 1 saturated carbocycles. The minimum Gasteiger partial charge on any atom is -0.392 e. The molecule has 1 atom stereocenters. The lowest BCUT2D eigenvalue weighted by Crippen LogP contribution is -2.53. The standard InChI is InChI=1S/C10H18N2O2S2/c1-16(14)7-3-6-12-9(13)10(8(11)15)4-2-5-10/h2-7H2,1H3,(H2,11,15)(H,12,13). The first-order valence-electron chi connectivity index (χ1n) is 5.37. The van der Waals surface area contributed by atoms with Crippen molar-refractivity contribution < 1.29 is 9.00 Å². The molecule has 1 aliphatic rings. The predicted molar refractivity (Wildman–Crippen MR) is 69.6 cm³/mol. The number of amides is 1. The van der Waals surface area contributed by atoms with Gasteiger partial charge in [-0.3, -0.25) is 9.00 Å². The Kier molecular flexibility index (Phi) is 4.86. The topological polar surface area (TPSA) is 72.2 Å². The Hall–Kier alpha value is -0.490. The van der Waals surface area contributed by atoms with Crippen LogP contribution in [0.25, 0.3) is 0 Å². The third-order valence-corrected chi connectivity index (χ3v) is 4.26. The van der Waals surface area contributed by atoms with E-state index in [-0.39, 0.29) is 5.91 Å². The van der Waals surface area contributed by atoms with Gasteiger partial charge in [0.15, 0.2) is 0 Å². The van der Waals surface area contributed by atoms with Crippen molar-refractivity contribution in [1.82, 2.24) is 5.32 Å². The molecule has 0 aromatic heterocycles. The summed E-state index contributed by atoms with van der Waals surface area (Å²) in [4.78, 5) is 12.2. The average Bonchev–Trinajstić information content (AvgIpc) is 2.09. The van der Waals surface area contributed by atoms with Gasteiger partial charge < -0.3 is 11.1 Å². The monoisotopic (exact) mass is 262 g/mol. The van der Waals surface area contributed by atoms with Gasteiger partial charge in [-0.05, 0) is 19.3 Å². The quantitative estimate of drug-likeness (QED) is 0.534. The summed E-state index contributed by atoms with van der Waals surface area (Å²) in [7, 11) is -0.800. The fraction of sp³-hybridized carbons (Fsp3) is 0.800. The molecular weight excluding hydrogens is 244 g/mol. The van der Waals surface area contributed by atoms with E-state index in [1.54, 1.807) is 6.26 Å². The van der Waals surface area contributed by atoms with Crippen LogP contribution in [-0.4, -0.2) is 33.7 Å². The molecule has 0 radical (unpaired) electrons. The van der Waals surface area contributed by atoms with E-state index in [9.17, 15) is 9.00 Å². The van der Waals surface area contributed by atoms with E-state index in [0.29, 0.717) is 17.3 Å². The summed E-state index contributed by atoms with van der Waals surface area (Å²) in [6.45, 7) is 0.544. The third-order valence-electron chi connectivity index (χ3n) is 3.01. The summed E-state index contributed by atoms with van der Waals surface area (Å²) < 4.78 is 10.8.